The Hall–Kier alpha value is -4.25. The first-order valence-corrected chi connectivity index (χ1v) is 16.4. The number of amides is 2. The molecule has 236 valence electrons. The molecule has 44 heavy (non-hydrogen) atoms. The van der Waals surface area contributed by atoms with Crippen molar-refractivity contribution < 1.29 is 32.2 Å². The summed E-state index contributed by atoms with van der Waals surface area (Å²) in [5, 5.41) is 3.17. The Balaban J connectivity index is 1.75. The first-order valence-electron chi connectivity index (χ1n) is 14.6. The molecule has 0 heterocycles. The number of nitrogens with one attached hydrogen (secondary N) is 1. The van der Waals surface area contributed by atoms with E-state index in [9.17, 15) is 18.0 Å². The van der Waals surface area contributed by atoms with Gasteiger partial charge in [0.05, 0.1) is 33.3 Å². The summed E-state index contributed by atoms with van der Waals surface area (Å²) in [5.74, 6) is 0.539. The van der Waals surface area contributed by atoms with Crippen LogP contribution in [0.5, 0.6) is 17.2 Å². The van der Waals surface area contributed by atoms with Gasteiger partial charge < -0.3 is 24.4 Å². The van der Waals surface area contributed by atoms with Crippen molar-refractivity contribution in [3.8, 4) is 17.2 Å². The lowest BCUT2D eigenvalue weighted by molar-refractivity contribution is -0.140. The van der Waals surface area contributed by atoms with Crippen LogP contribution in [-0.4, -0.2) is 71.3 Å². The van der Waals surface area contributed by atoms with Gasteiger partial charge >= 0.3 is 0 Å². The summed E-state index contributed by atoms with van der Waals surface area (Å²) in [4.78, 5) is 29.8. The highest BCUT2D eigenvalue weighted by atomic mass is 32.2. The minimum Gasteiger partial charge on any atom is -0.497 e. The van der Waals surface area contributed by atoms with E-state index in [-0.39, 0.29) is 30.6 Å². The number of anilines is 1. The van der Waals surface area contributed by atoms with Crippen molar-refractivity contribution in [2.24, 2.45) is 0 Å². The monoisotopic (exact) mass is 623 g/mol. The molecule has 10 nitrogen and oxygen atoms in total. The van der Waals surface area contributed by atoms with Gasteiger partial charge in [0.25, 0.3) is 0 Å². The molecule has 3 aromatic rings. The van der Waals surface area contributed by atoms with Gasteiger partial charge in [-0.2, -0.15) is 0 Å². The minimum atomic E-state index is -3.93. The van der Waals surface area contributed by atoms with E-state index in [0.29, 0.717) is 17.2 Å². The van der Waals surface area contributed by atoms with Crippen molar-refractivity contribution in [1.29, 1.82) is 0 Å². The molecule has 0 radical (unpaired) electrons. The van der Waals surface area contributed by atoms with Crippen LogP contribution in [0.25, 0.3) is 0 Å². The fourth-order valence-electron chi connectivity index (χ4n) is 5.48. The van der Waals surface area contributed by atoms with Crippen LogP contribution in [-0.2, 0) is 32.6 Å². The van der Waals surface area contributed by atoms with Crippen LogP contribution in [0.3, 0.4) is 0 Å². The van der Waals surface area contributed by atoms with E-state index >= 15 is 0 Å². The van der Waals surface area contributed by atoms with Crippen molar-refractivity contribution in [1.82, 2.24) is 10.2 Å². The zero-order chi connectivity index (χ0) is 31.7. The summed E-state index contributed by atoms with van der Waals surface area (Å²) in [7, 11) is 0.559. The predicted octanol–water partition coefficient (Wildman–Crippen LogP) is 4.18. The molecule has 1 atom stereocenters. The van der Waals surface area contributed by atoms with Crippen LogP contribution in [0.2, 0.25) is 0 Å². The first kappa shape index (κ1) is 32.7. The van der Waals surface area contributed by atoms with Crippen LogP contribution in [0.1, 0.15) is 36.8 Å². The van der Waals surface area contributed by atoms with Crippen molar-refractivity contribution in [3.05, 3.63) is 83.9 Å². The van der Waals surface area contributed by atoms with Crippen molar-refractivity contribution >= 4 is 27.5 Å². The van der Waals surface area contributed by atoms with E-state index in [0.717, 1.165) is 47.4 Å². The van der Waals surface area contributed by atoms with E-state index in [1.54, 1.807) is 31.4 Å². The summed E-state index contributed by atoms with van der Waals surface area (Å²) in [6.07, 6.45) is 5.14. The van der Waals surface area contributed by atoms with Gasteiger partial charge in [0.15, 0.2) is 11.5 Å². The predicted molar refractivity (Wildman–Crippen MR) is 170 cm³/mol. The molecule has 1 aliphatic rings. The molecule has 11 heteroatoms. The van der Waals surface area contributed by atoms with Gasteiger partial charge in [-0.3, -0.25) is 13.9 Å². The number of ether oxygens (including phenoxy) is 3. The molecule has 1 fully saturated rings. The molecular formula is C33H41N3O7S. The van der Waals surface area contributed by atoms with E-state index in [4.69, 9.17) is 14.2 Å². The number of sulfonamides is 1. The highest BCUT2D eigenvalue weighted by molar-refractivity contribution is 7.92. The SMILES string of the molecule is COc1cccc(CN(C(=O)CN(c2ccc(OC)c(OC)c2)S(C)(=O)=O)[C@@H](Cc2ccccc2)C(=O)NC2CCCC2)c1. The molecule has 0 aromatic heterocycles. The highest BCUT2D eigenvalue weighted by Crippen LogP contribution is 2.32. The Kier molecular flexibility index (Phi) is 11.1. The van der Waals surface area contributed by atoms with E-state index in [2.05, 4.69) is 5.32 Å². The molecule has 2 amide bonds. The standard InChI is InChI=1S/C33H41N3O7S/c1-41-28-16-10-13-25(19-28)22-35(29(20-24-11-6-5-7-12-24)33(38)34-26-14-8-9-15-26)32(37)23-36(44(4,39)40)27-17-18-30(42-2)31(21-27)43-3/h5-7,10-13,16-19,21,26,29H,8-9,14-15,20,22-23H2,1-4H3,(H,34,38)/t29-/m0/s1. The van der Waals surface area contributed by atoms with E-state index < -0.39 is 28.5 Å². The number of methoxy groups -OCH3 is 3. The van der Waals surface area contributed by atoms with Crippen molar-refractivity contribution in [2.45, 2.75) is 50.7 Å². The van der Waals surface area contributed by atoms with Gasteiger partial charge in [0.1, 0.15) is 18.3 Å². The van der Waals surface area contributed by atoms with Gasteiger partial charge in [-0.25, -0.2) is 8.42 Å². The van der Waals surface area contributed by atoms with Gasteiger partial charge in [-0.05, 0) is 48.2 Å². The summed E-state index contributed by atoms with van der Waals surface area (Å²) in [6, 6.07) is 20.5. The largest absolute Gasteiger partial charge is 0.497 e. The van der Waals surface area contributed by atoms with Crippen LogP contribution < -0.4 is 23.8 Å². The zero-order valence-corrected chi connectivity index (χ0v) is 26.5. The quantitative estimate of drug-likeness (QED) is 0.287. The molecule has 1 saturated carbocycles. The van der Waals surface area contributed by atoms with Gasteiger partial charge in [0.2, 0.25) is 21.8 Å². The van der Waals surface area contributed by atoms with Crippen LogP contribution in [0.4, 0.5) is 5.69 Å². The fraction of sp³-hybridized carbons (Fsp3) is 0.394. The number of carbonyl (C=O) groups is 2. The summed E-state index contributed by atoms with van der Waals surface area (Å²) in [5.41, 5.74) is 1.85. The Bertz CT molecular complexity index is 1530. The third-order valence-corrected chi connectivity index (χ3v) is 8.93. The topological polar surface area (TPSA) is 114 Å². The number of carbonyl (C=O) groups excluding carboxylic acids is 2. The highest BCUT2D eigenvalue weighted by Gasteiger charge is 2.34. The lowest BCUT2D eigenvalue weighted by Crippen LogP contribution is -2.54. The molecule has 0 spiro atoms. The zero-order valence-electron chi connectivity index (χ0n) is 25.7. The second-order valence-corrected chi connectivity index (χ2v) is 12.8. The van der Waals surface area contributed by atoms with E-state index in [1.807, 2.05) is 42.5 Å². The average Bonchev–Trinajstić information content (AvgIpc) is 3.54. The maximum Gasteiger partial charge on any atom is 0.244 e. The fourth-order valence-corrected chi connectivity index (χ4v) is 6.32. The molecule has 0 saturated heterocycles. The normalized spacial score (nSPS) is 14.0. The van der Waals surface area contributed by atoms with Gasteiger partial charge in [0, 0.05) is 25.1 Å². The minimum absolute atomic E-state index is 0.0360. The number of hydrogen-bond acceptors (Lipinski definition) is 7. The molecule has 1 N–H and O–H groups in total. The molecular weight excluding hydrogens is 582 g/mol. The van der Waals surface area contributed by atoms with Crippen LogP contribution >= 0.6 is 0 Å². The van der Waals surface area contributed by atoms with Crippen molar-refractivity contribution in [3.63, 3.8) is 0 Å². The van der Waals surface area contributed by atoms with Gasteiger partial charge in [-0.1, -0.05) is 55.3 Å². The molecule has 0 bridgehead atoms. The smallest absolute Gasteiger partial charge is 0.244 e. The molecule has 0 unspecified atom stereocenters. The third-order valence-electron chi connectivity index (χ3n) is 7.79. The third kappa shape index (κ3) is 8.43. The molecule has 0 aliphatic heterocycles. The van der Waals surface area contributed by atoms with Crippen LogP contribution in [0, 0.1) is 0 Å². The Morgan fingerprint density at radius 1 is 0.864 bits per heavy atom. The summed E-state index contributed by atoms with van der Waals surface area (Å²) in [6.45, 7) is -0.463. The average molecular weight is 624 g/mol. The second kappa shape index (κ2) is 15.0. The number of nitrogens with zero attached hydrogens (tertiary/aromatic N) is 2. The molecule has 1 aliphatic carbocycles. The molecule has 3 aromatic carbocycles. The first-order chi connectivity index (χ1) is 21.1. The number of benzene rings is 3. The van der Waals surface area contributed by atoms with E-state index in [1.165, 1.54) is 25.2 Å². The second-order valence-electron chi connectivity index (χ2n) is 10.9. The number of hydrogen-bond donors (Lipinski definition) is 1. The van der Waals surface area contributed by atoms with Crippen molar-refractivity contribution in [2.75, 3.05) is 38.4 Å². The summed E-state index contributed by atoms with van der Waals surface area (Å²) >= 11 is 0. The lowest BCUT2D eigenvalue weighted by Gasteiger charge is -2.34. The Labute approximate surface area is 260 Å². The number of rotatable bonds is 14. The van der Waals surface area contributed by atoms with Crippen LogP contribution in [0.15, 0.2) is 72.8 Å². The summed E-state index contributed by atoms with van der Waals surface area (Å²) < 4.78 is 43.3. The molecule has 4 rings (SSSR count). The maximum absolute atomic E-state index is 14.3. The maximum atomic E-state index is 14.3. The van der Waals surface area contributed by atoms with Gasteiger partial charge in [-0.15, -0.1) is 0 Å². The lowest BCUT2D eigenvalue weighted by atomic mass is 10.0. The Morgan fingerprint density at radius 3 is 2.18 bits per heavy atom. The Morgan fingerprint density at radius 2 is 1.55 bits per heavy atom.